The van der Waals surface area contributed by atoms with E-state index in [9.17, 15) is 4.79 Å². The lowest BCUT2D eigenvalue weighted by molar-refractivity contribution is -0.128. The van der Waals surface area contributed by atoms with E-state index in [0.717, 1.165) is 53.7 Å². The molecule has 0 saturated carbocycles. The average molecular weight is 413 g/mol. The summed E-state index contributed by atoms with van der Waals surface area (Å²) in [6.45, 7) is 4.20. The molecule has 0 unspecified atom stereocenters. The number of fused-ring (bicyclic) bond motifs is 1. The molecule has 2 saturated heterocycles. The van der Waals surface area contributed by atoms with Crippen molar-refractivity contribution < 1.29 is 9.53 Å². The van der Waals surface area contributed by atoms with Crippen LogP contribution in [0.1, 0.15) is 31.7 Å². The van der Waals surface area contributed by atoms with Gasteiger partial charge in [-0.25, -0.2) is 0 Å². The first-order chi connectivity index (χ1) is 14.0. The number of pyridine rings is 1. The summed E-state index contributed by atoms with van der Waals surface area (Å²) in [6, 6.07) is 6.12. The third-order valence-corrected chi connectivity index (χ3v) is 5.96. The van der Waals surface area contributed by atoms with Gasteiger partial charge in [-0.1, -0.05) is 29.8 Å². The largest absolute Gasteiger partial charge is 0.398 e. The monoisotopic (exact) mass is 412 g/mol. The van der Waals surface area contributed by atoms with Crippen molar-refractivity contribution in [3.05, 3.63) is 46.8 Å². The van der Waals surface area contributed by atoms with Gasteiger partial charge in [0.15, 0.2) is 0 Å². The zero-order chi connectivity index (χ0) is 20.4. The van der Waals surface area contributed by atoms with E-state index in [4.69, 9.17) is 27.1 Å². The van der Waals surface area contributed by atoms with Crippen LogP contribution in [0.25, 0.3) is 16.5 Å². The van der Waals surface area contributed by atoms with Gasteiger partial charge in [-0.15, -0.1) is 0 Å². The third-order valence-electron chi connectivity index (χ3n) is 5.66. The molecule has 2 aliphatic rings. The second kappa shape index (κ2) is 8.51. The quantitative estimate of drug-likeness (QED) is 0.819. The number of amides is 1. The SMILES string of the molecule is CC(=O)N1CCC(=NC2CCOCC2)/C(=C(\N)c2cccc3c(Cl)cncc23)C1. The number of aromatic nitrogens is 1. The number of nitrogens with two attached hydrogens (primary N) is 1. The van der Waals surface area contributed by atoms with Crippen LogP contribution in [0.4, 0.5) is 0 Å². The molecule has 6 nitrogen and oxygen atoms in total. The van der Waals surface area contributed by atoms with Crippen molar-refractivity contribution in [3.8, 4) is 0 Å². The summed E-state index contributed by atoms with van der Waals surface area (Å²) in [6.07, 6.45) is 5.95. The fourth-order valence-electron chi connectivity index (χ4n) is 4.00. The Morgan fingerprint density at radius 3 is 2.83 bits per heavy atom. The first-order valence-corrected chi connectivity index (χ1v) is 10.3. The average Bonchev–Trinajstić information content (AvgIpc) is 2.74. The number of carbonyl (C=O) groups is 1. The highest BCUT2D eigenvalue weighted by Gasteiger charge is 2.26. The number of halogens is 1. The number of benzene rings is 1. The van der Waals surface area contributed by atoms with Gasteiger partial charge in [0, 0.05) is 85.4 Å². The zero-order valence-electron chi connectivity index (χ0n) is 16.5. The number of aliphatic imine (C=N–C) groups is 1. The van der Waals surface area contributed by atoms with Gasteiger partial charge in [0.25, 0.3) is 0 Å². The van der Waals surface area contributed by atoms with Crippen molar-refractivity contribution in [3.63, 3.8) is 0 Å². The lowest BCUT2D eigenvalue weighted by Gasteiger charge is -2.31. The molecule has 2 fully saturated rings. The summed E-state index contributed by atoms with van der Waals surface area (Å²) in [4.78, 5) is 23.1. The second-order valence-electron chi connectivity index (χ2n) is 7.52. The van der Waals surface area contributed by atoms with E-state index >= 15 is 0 Å². The van der Waals surface area contributed by atoms with Crippen LogP contribution >= 0.6 is 11.6 Å². The fraction of sp³-hybridized carbons (Fsp3) is 0.409. The van der Waals surface area contributed by atoms with Crippen molar-refractivity contribution in [2.75, 3.05) is 26.3 Å². The van der Waals surface area contributed by atoms with Crippen LogP contribution in [0.15, 0.2) is 41.2 Å². The highest BCUT2D eigenvalue weighted by molar-refractivity contribution is 6.35. The molecule has 0 aliphatic carbocycles. The highest BCUT2D eigenvalue weighted by atomic mass is 35.5. The molecule has 3 heterocycles. The maximum absolute atomic E-state index is 12.0. The van der Waals surface area contributed by atoms with Crippen LogP contribution in [0, 0.1) is 0 Å². The molecule has 0 bridgehead atoms. The number of ether oxygens (including phenoxy) is 1. The maximum atomic E-state index is 12.0. The normalized spacial score (nSPS) is 21.6. The molecule has 0 atom stereocenters. The van der Waals surface area contributed by atoms with E-state index in [1.54, 1.807) is 19.3 Å². The Bertz CT molecular complexity index is 995. The van der Waals surface area contributed by atoms with E-state index in [2.05, 4.69) is 4.98 Å². The van der Waals surface area contributed by atoms with Gasteiger partial charge < -0.3 is 15.4 Å². The van der Waals surface area contributed by atoms with Crippen LogP contribution < -0.4 is 5.73 Å². The maximum Gasteiger partial charge on any atom is 0.219 e. The van der Waals surface area contributed by atoms with Crippen molar-refractivity contribution in [2.24, 2.45) is 10.7 Å². The number of likely N-dealkylation sites (tertiary alicyclic amines) is 1. The van der Waals surface area contributed by atoms with Crippen LogP contribution in [-0.2, 0) is 9.53 Å². The number of hydrogen-bond donors (Lipinski definition) is 1. The minimum Gasteiger partial charge on any atom is -0.398 e. The van der Waals surface area contributed by atoms with Crippen molar-refractivity contribution in [2.45, 2.75) is 32.2 Å². The van der Waals surface area contributed by atoms with Crippen LogP contribution in [0.5, 0.6) is 0 Å². The molecular weight excluding hydrogens is 388 g/mol. The van der Waals surface area contributed by atoms with Gasteiger partial charge in [0.05, 0.1) is 11.1 Å². The van der Waals surface area contributed by atoms with Crippen molar-refractivity contribution in [1.29, 1.82) is 0 Å². The van der Waals surface area contributed by atoms with Gasteiger partial charge in [0.2, 0.25) is 5.91 Å². The fourth-order valence-corrected chi connectivity index (χ4v) is 4.22. The number of rotatable bonds is 2. The predicted molar refractivity (Wildman–Crippen MR) is 116 cm³/mol. The first-order valence-electron chi connectivity index (χ1n) is 9.96. The molecule has 2 aromatic rings. The first kappa shape index (κ1) is 19.9. The number of hydrogen-bond acceptors (Lipinski definition) is 5. The highest BCUT2D eigenvalue weighted by Crippen LogP contribution is 2.30. The Hall–Kier alpha value is -2.44. The molecule has 2 aliphatic heterocycles. The molecule has 0 spiro atoms. The predicted octanol–water partition coefficient (Wildman–Crippen LogP) is 3.43. The molecule has 29 heavy (non-hydrogen) atoms. The van der Waals surface area contributed by atoms with E-state index in [1.807, 2.05) is 23.1 Å². The molecule has 1 amide bonds. The van der Waals surface area contributed by atoms with Gasteiger partial charge in [0.1, 0.15) is 0 Å². The van der Waals surface area contributed by atoms with E-state index < -0.39 is 0 Å². The standard InChI is InChI=1S/C22H25ClN4O2/c1-14(28)27-8-5-21(26-15-6-9-29-10-7-15)19(13-27)22(24)17-4-2-3-16-18(17)11-25-12-20(16)23/h2-4,11-12,15H,5-10,13,24H2,1H3/b22-19-,26-21?. The Labute approximate surface area is 175 Å². The number of nitrogens with zero attached hydrogens (tertiary/aromatic N) is 3. The molecule has 7 heteroatoms. The molecule has 1 aromatic carbocycles. The van der Waals surface area contributed by atoms with Crippen LogP contribution in [0.3, 0.4) is 0 Å². The Kier molecular flexibility index (Phi) is 5.83. The summed E-state index contributed by atoms with van der Waals surface area (Å²) in [5.41, 5.74) is 10.1. The lowest BCUT2D eigenvalue weighted by Crippen LogP contribution is -2.40. The van der Waals surface area contributed by atoms with Crippen LogP contribution in [-0.4, -0.2) is 53.8 Å². The Balaban J connectivity index is 1.81. The summed E-state index contributed by atoms with van der Waals surface area (Å²) in [7, 11) is 0. The zero-order valence-corrected chi connectivity index (χ0v) is 17.3. The minimum absolute atomic E-state index is 0.0445. The van der Waals surface area contributed by atoms with Gasteiger partial charge >= 0.3 is 0 Å². The topological polar surface area (TPSA) is 80.8 Å². The molecular formula is C22H25ClN4O2. The third kappa shape index (κ3) is 4.14. The van der Waals surface area contributed by atoms with Gasteiger partial charge in [-0.3, -0.25) is 14.8 Å². The molecule has 2 N–H and O–H groups in total. The Morgan fingerprint density at radius 2 is 2.07 bits per heavy atom. The summed E-state index contributed by atoms with van der Waals surface area (Å²) >= 11 is 6.33. The van der Waals surface area contributed by atoms with Gasteiger partial charge in [-0.05, 0) is 12.8 Å². The Morgan fingerprint density at radius 1 is 1.28 bits per heavy atom. The lowest BCUT2D eigenvalue weighted by atomic mass is 9.94. The summed E-state index contributed by atoms with van der Waals surface area (Å²) in [5.74, 6) is 0.0445. The van der Waals surface area contributed by atoms with Crippen LogP contribution in [0.2, 0.25) is 5.02 Å². The number of carbonyl (C=O) groups excluding carboxylic acids is 1. The van der Waals surface area contributed by atoms with E-state index in [0.29, 0.717) is 30.2 Å². The second-order valence-corrected chi connectivity index (χ2v) is 7.93. The molecule has 4 rings (SSSR count). The molecule has 0 radical (unpaired) electrons. The number of piperidine rings is 1. The molecule has 152 valence electrons. The smallest absolute Gasteiger partial charge is 0.219 e. The summed E-state index contributed by atoms with van der Waals surface area (Å²) in [5, 5.41) is 2.40. The van der Waals surface area contributed by atoms with E-state index in [1.165, 1.54) is 0 Å². The van der Waals surface area contributed by atoms with Gasteiger partial charge in [-0.2, -0.15) is 0 Å². The van der Waals surface area contributed by atoms with Crippen molar-refractivity contribution in [1.82, 2.24) is 9.88 Å². The van der Waals surface area contributed by atoms with E-state index in [-0.39, 0.29) is 11.9 Å². The summed E-state index contributed by atoms with van der Waals surface area (Å²) < 4.78 is 5.46. The van der Waals surface area contributed by atoms with Crippen molar-refractivity contribution >= 4 is 39.7 Å². The minimum atomic E-state index is 0.0445. The molecule has 1 aromatic heterocycles.